The number of nitro groups is 1. The summed E-state index contributed by atoms with van der Waals surface area (Å²) in [4.78, 5) is 10.5. The van der Waals surface area contributed by atoms with Crippen molar-refractivity contribution in [2.75, 3.05) is 18.5 Å². The van der Waals surface area contributed by atoms with Gasteiger partial charge in [0, 0.05) is 30.3 Å². The van der Waals surface area contributed by atoms with Crippen molar-refractivity contribution in [3.63, 3.8) is 0 Å². The summed E-state index contributed by atoms with van der Waals surface area (Å²) in [7, 11) is 0. The van der Waals surface area contributed by atoms with Crippen LogP contribution in [0.1, 0.15) is 32.6 Å². The highest BCUT2D eigenvalue weighted by Gasteiger charge is 2.22. The molecule has 0 amide bonds. The molecule has 6 nitrogen and oxygen atoms in total. The predicted molar refractivity (Wildman–Crippen MR) is 80.7 cm³/mol. The van der Waals surface area contributed by atoms with E-state index in [9.17, 15) is 15.2 Å². The third-order valence-electron chi connectivity index (χ3n) is 3.85. The van der Waals surface area contributed by atoms with Gasteiger partial charge < -0.3 is 15.2 Å². The van der Waals surface area contributed by atoms with Crippen LogP contribution in [0, 0.1) is 16.0 Å². The molecule has 1 fully saturated rings. The van der Waals surface area contributed by atoms with E-state index in [1.807, 2.05) is 6.92 Å². The van der Waals surface area contributed by atoms with Gasteiger partial charge in [-0.3, -0.25) is 10.1 Å². The number of nitro benzene ring substituents is 1. The summed E-state index contributed by atoms with van der Waals surface area (Å²) in [6, 6.07) is 4.67. The van der Waals surface area contributed by atoms with Gasteiger partial charge >= 0.3 is 0 Å². The highest BCUT2D eigenvalue weighted by atomic mass is 16.6. The van der Waals surface area contributed by atoms with E-state index in [-0.39, 0.29) is 17.7 Å². The summed E-state index contributed by atoms with van der Waals surface area (Å²) in [5, 5.41) is 24.1. The van der Waals surface area contributed by atoms with E-state index in [0.717, 1.165) is 25.7 Å². The molecular weight excluding hydrogens is 272 g/mol. The molecule has 116 valence electrons. The molecule has 1 aromatic carbocycles. The third-order valence-corrected chi connectivity index (χ3v) is 3.85. The fraction of sp³-hybridized carbons (Fsp3) is 0.600. The molecule has 0 radical (unpaired) electrons. The van der Waals surface area contributed by atoms with E-state index >= 15 is 0 Å². The maximum absolute atomic E-state index is 10.9. The molecular formula is C15H22N2O4. The largest absolute Gasteiger partial charge is 0.494 e. The van der Waals surface area contributed by atoms with Gasteiger partial charge in [-0.1, -0.05) is 12.8 Å². The second-order valence-electron chi connectivity index (χ2n) is 5.40. The molecule has 0 spiro atoms. The van der Waals surface area contributed by atoms with Gasteiger partial charge in [0.25, 0.3) is 5.69 Å². The Balaban J connectivity index is 2.05. The summed E-state index contributed by atoms with van der Waals surface area (Å²) in [6.45, 7) is 2.92. The molecule has 0 heterocycles. The van der Waals surface area contributed by atoms with Crippen LogP contribution in [0.4, 0.5) is 11.4 Å². The normalized spacial score (nSPS) is 21.8. The SMILES string of the molecule is CCOc1cc(NCC2CCCCC2O)cc([N+](=O)[O-])c1. The van der Waals surface area contributed by atoms with Crippen molar-refractivity contribution in [3.8, 4) is 5.75 Å². The number of nitrogens with one attached hydrogen (secondary N) is 1. The van der Waals surface area contributed by atoms with Gasteiger partial charge in [-0.2, -0.15) is 0 Å². The standard InChI is InChI=1S/C15H22N2O4/c1-2-21-14-8-12(7-13(9-14)17(19)20)16-10-11-5-3-4-6-15(11)18/h7-9,11,15-16,18H,2-6,10H2,1H3. The first-order valence-corrected chi connectivity index (χ1v) is 7.44. The highest BCUT2D eigenvalue weighted by molar-refractivity contribution is 5.56. The maximum Gasteiger partial charge on any atom is 0.275 e. The fourth-order valence-electron chi connectivity index (χ4n) is 2.72. The van der Waals surface area contributed by atoms with Gasteiger partial charge in [0.15, 0.2) is 0 Å². The summed E-state index contributed by atoms with van der Waals surface area (Å²) < 4.78 is 5.36. The molecule has 6 heteroatoms. The Morgan fingerprint density at radius 2 is 2.14 bits per heavy atom. The van der Waals surface area contributed by atoms with Gasteiger partial charge in [0.2, 0.25) is 0 Å². The number of benzene rings is 1. The average molecular weight is 294 g/mol. The molecule has 0 aliphatic heterocycles. The minimum atomic E-state index is -0.427. The minimum Gasteiger partial charge on any atom is -0.494 e. The first-order valence-electron chi connectivity index (χ1n) is 7.44. The Kier molecular flexibility index (Phi) is 5.38. The smallest absolute Gasteiger partial charge is 0.275 e. The molecule has 21 heavy (non-hydrogen) atoms. The van der Waals surface area contributed by atoms with E-state index in [0.29, 0.717) is 24.6 Å². The van der Waals surface area contributed by atoms with Gasteiger partial charge in [-0.25, -0.2) is 0 Å². The molecule has 1 aliphatic carbocycles. The summed E-state index contributed by atoms with van der Waals surface area (Å²) in [5.74, 6) is 0.687. The molecule has 1 saturated carbocycles. The molecule has 0 saturated heterocycles. The Hall–Kier alpha value is -1.82. The molecule has 2 atom stereocenters. The number of anilines is 1. The van der Waals surface area contributed by atoms with Crippen LogP contribution in [-0.4, -0.2) is 29.3 Å². The second kappa shape index (κ2) is 7.26. The summed E-state index contributed by atoms with van der Waals surface area (Å²) in [5.41, 5.74) is 0.665. The summed E-state index contributed by atoms with van der Waals surface area (Å²) in [6.07, 6.45) is 3.74. The van der Waals surface area contributed by atoms with Crippen LogP contribution in [0.25, 0.3) is 0 Å². The number of rotatable bonds is 6. The number of aliphatic hydroxyl groups excluding tert-OH is 1. The zero-order chi connectivity index (χ0) is 15.2. The lowest BCUT2D eigenvalue weighted by Gasteiger charge is -2.28. The fourth-order valence-corrected chi connectivity index (χ4v) is 2.72. The van der Waals surface area contributed by atoms with Crippen molar-refractivity contribution in [2.24, 2.45) is 5.92 Å². The molecule has 2 N–H and O–H groups in total. The van der Waals surface area contributed by atoms with Crippen LogP contribution in [0.15, 0.2) is 18.2 Å². The lowest BCUT2D eigenvalue weighted by Crippen LogP contribution is -2.30. The number of non-ortho nitro benzene ring substituents is 1. The quantitative estimate of drug-likeness (QED) is 0.622. The summed E-state index contributed by atoms with van der Waals surface area (Å²) >= 11 is 0. The van der Waals surface area contributed by atoms with Crippen molar-refractivity contribution in [3.05, 3.63) is 28.3 Å². The van der Waals surface area contributed by atoms with E-state index in [4.69, 9.17) is 4.74 Å². The maximum atomic E-state index is 10.9. The molecule has 1 aromatic rings. The van der Waals surface area contributed by atoms with E-state index < -0.39 is 4.92 Å². The van der Waals surface area contributed by atoms with Gasteiger partial charge in [0.1, 0.15) is 5.75 Å². The predicted octanol–water partition coefficient (Wildman–Crippen LogP) is 2.96. The van der Waals surface area contributed by atoms with E-state index in [1.165, 1.54) is 12.1 Å². The Morgan fingerprint density at radius 1 is 1.38 bits per heavy atom. The highest BCUT2D eigenvalue weighted by Crippen LogP contribution is 2.28. The number of ether oxygens (including phenoxy) is 1. The first-order chi connectivity index (χ1) is 10.1. The van der Waals surface area contributed by atoms with Crippen LogP contribution in [0.3, 0.4) is 0 Å². The molecule has 0 bridgehead atoms. The van der Waals surface area contributed by atoms with Crippen LogP contribution in [-0.2, 0) is 0 Å². The van der Waals surface area contributed by atoms with Crippen molar-refractivity contribution < 1.29 is 14.8 Å². The Bertz CT molecular complexity index is 493. The minimum absolute atomic E-state index is 0.00708. The van der Waals surface area contributed by atoms with Crippen molar-refractivity contribution in [1.29, 1.82) is 0 Å². The van der Waals surface area contributed by atoms with E-state index in [1.54, 1.807) is 6.07 Å². The molecule has 0 aromatic heterocycles. The number of hydrogen-bond donors (Lipinski definition) is 2. The van der Waals surface area contributed by atoms with Crippen LogP contribution in [0.2, 0.25) is 0 Å². The topological polar surface area (TPSA) is 84.6 Å². The number of nitrogens with zero attached hydrogens (tertiary/aromatic N) is 1. The zero-order valence-electron chi connectivity index (χ0n) is 12.2. The van der Waals surface area contributed by atoms with Crippen molar-refractivity contribution >= 4 is 11.4 Å². The Morgan fingerprint density at radius 3 is 2.81 bits per heavy atom. The Labute approximate surface area is 124 Å². The van der Waals surface area contributed by atoms with E-state index in [2.05, 4.69) is 5.32 Å². The van der Waals surface area contributed by atoms with Crippen molar-refractivity contribution in [2.45, 2.75) is 38.7 Å². The van der Waals surface area contributed by atoms with Gasteiger partial charge in [-0.05, 0) is 19.8 Å². The van der Waals surface area contributed by atoms with Gasteiger partial charge in [-0.15, -0.1) is 0 Å². The van der Waals surface area contributed by atoms with Crippen molar-refractivity contribution in [1.82, 2.24) is 0 Å². The number of aliphatic hydroxyl groups is 1. The average Bonchev–Trinajstić information content (AvgIpc) is 2.46. The molecule has 2 unspecified atom stereocenters. The van der Waals surface area contributed by atoms with Gasteiger partial charge in [0.05, 0.1) is 23.7 Å². The molecule has 2 rings (SSSR count). The zero-order valence-corrected chi connectivity index (χ0v) is 12.2. The van der Waals surface area contributed by atoms with Crippen LogP contribution < -0.4 is 10.1 Å². The third kappa shape index (κ3) is 4.32. The van der Waals surface area contributed by atoms with Crippen LogP contribution >= 0.6 is 0 Å². The lowest BCUT2D eigenvalue weighted by atomic mass is 9.86. The number of hydrogen-bond acceptors (Lipinski definition) is 5. The lowest BCUT2D eigenvalue weighted by molar-refractivity contribution is -0.384. The second-order valence-corrected chi connectivity index (χ2v) is 5.40. The van der Waals surface area contributed by atoms with Crippen LogP contribution in [0.5, 0.6) is 5.75 Å². The monoisotopic (exact) mass is 294 g/mol. The molecule has 1 aliphatic rings. The first kappa shape index (κ1) is 15.6.